The average molecular weight is 348 g/mol. The van der Waals surface area contributed by atoms with Crippen LogP contribution in [0.25, 0.3) is 0 Å². The Morgan fingerprint density at radius 1 is 1.21 bits per heavy atom. The van der Waals surface area contributed by atoms with Gasteiger partial charge in [-0.2, -0.15) is 0 Å². The number of esters is 1. The largest absolute Gasteiger partial charge is 0.454 e. The van der Waals surface area contributed by atoms with E-state index in [0.717, 1.165) is 5.56 Å². The molecule has 1 heterocycles. The van der Waals surface area contributed by atoms with Crippen molar-refractivity contribution in [3.05, 3.63) is 52.5 Å². The van der Waals surface area contributed by atoms with E-state index >= 15 is 0 Å². The van der Waals surface area contributed by atoms with Crippen molar-refractivity contribution in [2.75, 3.05) is 18.7 Å². The summed E-state index contributed by atoms with van der Waals surface area (Å²) in [6.07, 6.45) is 0. The molecule has 6 nitrogen and oxygen atoms in total. The van der Waals surface area contributed by atoms with Gasteiger partial charge in [0, 0.05) is 10.7 Å². The van der Waals surface area contributed by atoms with Gasteiger partial charge in [0.15, 0.2) is 18.1 Å². The van der Waals surface area contributed by atoms with Crippen LogP contribution in [0.5, 0.6) is 11.5 Å². The minimum atomic E-state index is -0.619. The van der Waals surface area contributed by atoms with E-state index in [1.165, 1.54) is 6.07 Å². The molecule has 1 aliphatic heterocycles. The van der Waals surface area contributed by atoms with Crippen LogP contribution < -0.4 is 14.8 Å². The summed E-state index contributed by atoms with van der Waals surface area (Å²) >= 11 is 5.99. The number of hydrogen-bond donors (Lipinski definition) is 1. The number of ether oxygens (including phenoxy) is 3. The van der Waals surface area contributed by atoms with E-state index in [2.05, 4.69) is 5.32 Å². The maximum atomic E-state index is 12.0. The quantitative estimate of drug-likeness (QED) is 0.860. The molecule has 0 bridgehead atoms. The minimum Gasteiger partial charge on any atom is -0.454 e. The zero-order chi connectivity index (χ0) is 17.1. The van der Waals surface area contributed by atoms with Gasteiger partial charge in [0.2, 0.25) is 6.79 Å². The Balaban J connectivity index is 1.58. The fourth-order valence-corrected chi connectivity index (χ4v) is 2.34. The fourth-order valence-electron chi connectivity index (χ4n) is 2.17. The average Bonchev–Trinajstić information content (AvgIpc) is 3.04. The third-order valence-electron chi connectivity index (χ3n) is 3.48. The summed E-state index contributed by atoms with van der Waals surface area (Å²) in [5.74, 6) is -0.0232. The Bertz CT molecular complexity index is 806. The van der Waals surface area contributed by atoms with Crippen molar-refractivity contribution in [3.63, 3.8) is 0 Å². The number of halogens is 1. The third kappa shape index (κ3) is 3.44. The van der Waals surface area contributed by atoms with Crippen molar-refractivity contribution in [1.82, 2.24) is 0 Å². The predicted molar refractivity (Wildman–Crippen MR) is 87.7 cm³/mol. The van der Waals surface area contributed by atoms with Crippen molar-refractivity contribution in [3.8, 4) is 11.5 Å². The molecule has 0 atom stereocenters. The molecule has 24 heavy (non-hydrogen) atoms. The Kier molecular flexibility index (Phi) is 4.57. The number of nitrogens with one attached hydrogen (secondary N) is 1. The third-order valence-corrected chi connectivity index (χ3v) is 3.89. The smallest absolute Gasteiger partial charge is 0.338 e. The van der Waals surface area contributed by atoms with Gasteiger partial charge in [-0.15, -0.1) is 0 Å². The van der Waals surface area contributed by atoms with E-state index in [9.17, 15) is 9.59 Å². The van der Waals surface area contributed by atoms with E-state index in [0.29, 0.717) is 22.2 Å². The number of hydrogen-bond acceptors (Lipinski definition) is 5. The van der Waals surface area contributed by atoms with Crippen molar-refractivity contribution >= 4 is 29.2 Å². The molecule has 0 fully saturated rings. The fraction of sp³-hybridized carbons (Fsp3) is 0.176. The zero-order valence-corrected chi connectivity index (χ0v) is 13.6. The predicted octanol–water partition coefficient (Wildman–Crippen LogP) is 3.17. The molecule has 0 spiro atoms. The van der Waals surface area contributed by atoms with Crippen LogP contribution in [0.15, 0.2) is 36.4 Å². The number of carbonyl (C=O) groups is 2. The lowest BCUT2D eigenvalue weighted by Crippen LogP contribution is -2.21. The first-order chi connectivity index (χ1) is 11.5. The van der Waals surface area contributed by atoms with Gasteiger partial charge in [-0.25, -0.2) is 4.79 Å². The van der Waals surface area contributed by atoms with Crippen LogP contribution in [-0.2, 0) is 9.53 Å². The van der Waals surface area contributed by atoms with Crippen LogP contribution in [-0.4, -0.2) is 25.3 Å². The first kappa shape index (κ1) is 16.1. The van der Waals surface area contributed by atoms with Gasteiger partial charge in [0.25, 0.3) is 5.91 Å². The number of fused-ring (bicyclic) bond motifs is 1. The van der Waals surface area contributed by atoms with E-state index in [1.807, 2.05) is 0 Å². The lowest BCUT2D eigenvalue weighted by Gasteiger charge is -2.10. The maximum absolute atomic E-state index is 12.0. The molecule has 0 aliphatic carbocycles. The summed E-state index contributed by atoms with van der Waals surface area (Å²) in [6, 6.07) is 9.86. The summed E-state index contributed by atoms with van der Waals surface area (Å²) < 4.78 is 15.4. The second kappa shape index (κ2) is 6.80. The highest BCUT2D eigenvalue weighted by molar-refractivity contribution is 6.31. The Morgan fingerprint density at radius 2 is 2.00 bits per heavy atom. The molecular weight excluding hydrogens is 334 g/mol. The van der Waals surface area contributed by atoms with E-state index in [-0.39, 0.29) is 12.4 Å². The standard InChI is InChI=1S/C17H14ClNO5/c1-10-12(18)3-2-4-13(10)19-16(20)8-22-17(21)11-5-6-14-15(7-11)24-9-23-14/h2-7H,8-9H2,1H3,(H,19,20). The van der Waals surface area contributed by atoms with Gasteiger partial charge < -0.3 is 19.5 Å². The summed E-state index contributed by atoms with van der Waals surface area (Å²) in [6.45, 7) is 1.50. The lowest BCUT2D eigenvalue weighted by molar-refractivity contribution is -0.119. The molecule has 1 aliphatic rings. The molecular formula is C17H14ClNO5. The molecule has 0 radical (unpaired) electrons. The second-order valence-electron chi connectivity index (χ2n) is 5.10. The number of amides is 1. The number of rotatable bonds is 4. The number of anilines is 1. The molecule has 3 rings (SSSR count). The molecule has 1 N–H and O–H groups in total. The van der Waals surface area contributed by atoms with Crippen molar-refractivity contribution in [2.24, 2.45) is 0 Å². The molecule has 2 aromatic rings. The van der Waals surface area contributed by atoms with Crippen LogP contribution in [0.4, 0.5) is 5.69 Å². The van der Waals surface area contributed by atoms with Crippen LogP contribution in [0.2, 0.25) is 5.02 Å². The summed E-state index contributed by atoms with van der Waals surface area (Å²) in [5.41, 5.74) is 1.60. The van der Waals surface area contributed by atoms with Crippen molar-refractivity contribution in [1.29, 1.82) is 0 Å². The van der Waals surface area contributed by atoms with Crippen molar-refractivity contribution in [2.45, 2.75) is 6.92 Å². The first-order valence-electron chi connectivity index (χ1n) is 7.16. The van der Waals surface area contributed by atoms with E-state index in [4.69, 9.17) is 25.8 Å². The summed E-state index contributed by atoms with van der Waals surface area (Å²) in [4.78, 5) is 23.9. The Hall–Kier alpha value is -2.73. The number of benzene rings is 2. The van der Waals surface area contributed by atoms with Crippen LogP contribution in [0.3, 0.4) is 0 Å². The van der Waals surface area contributed by atoms with Gasteiger partial charge in [0.05, 0.1) is 5.56 Å². The highest BCUT2D eigenvalue weighted by Crippen LogP contribution is 2.32. The van der Waals surface area contributed by atoms with Crippen molar-refractivity contribution < 1.29 is 23.8 Å². The Morgan fingerprint density at radius 3 is 2.83 bits per heavy atom. The molecule has 0 aromatic heterocycles. The van der Waals surface area contributed by atoms with Gasteiger partial charge >= 0.3 is 5.97 Å². The zero-order valence-electron chi connectivity index (χ0n) is 12.8. The first-order valence-corrected chi connectivity index (χ1v) is 7.54. The summed E-state index contributed by atoms with van der Waals surface area (Å²) in [7, 11) is 0. The van der Waals surface area contributed by atoms with Gasteiger partial charge in [-0.05, 0) is 42.8 Å². The van der Waals surface area contributed by atoms with Crippen LogP contribution in [0, 0.1) is 6.92 Å². The maximum Gasteiger partial charge on any atom is 0.338 e. The number of carbonyl (C=O) groups excluding carboxylic acids is 2. The topological polar surface area (TPSA) is 73.9 Å². The molecule has 124 valence electrons. The molecule has 0 unspecified atom stereocenters. The lowest BCUT2D eigenvalue weighted by atomic mass is 10.2. The molecule has 0 saturated carbocycles. The van der Waals surface area contributed by atoms with Gasteiger partial charge in [-0.1, -0.05) is 17.7 Å². The molecule has 7 heteroatoms. The van der Waals surface area contributed by atoms with Gasteiger partial charge in [0.1, 0.15) is 0 Å². The van der Waals surface area contributed by atoms with Gasteiger partial charge in [-0.3, -0.25) is 4.79 Å². The molecule has 1 amide bonds. The minimum absolute atomic E-state index is 0.120. The molecule has 0 saturated heterocycles. The Labute approximate surface area is 143 Å². The van der Waals surface area contributed by atoms with E-state index < -0.39 is 18.5 Å². The van der Waals surface area contributed by atoms with Crippen LogP contribution in [0.1, 0.15) is 15.9 Å². The SMILES string of the molecule is Cc1c(Cl)cccc1NC(=O)COC(=O)c1ccc2c(c1)OCO2. The molecule has 2 aromatic carbocycles. The normalized spacial score (nSPS) is 11.9. The second-order valence-corrected chi connectivity index (χ2v) is 5.51. The summed E-state index contributed by atoms with van der Waals surface area (Å²) in [5, 5.41) is 3.20. The van der Waals surface area contributed by atoms with E-state index in [1.54, 1.807) is 37.3 Å². The van der Waals surface area contributed by atoms with Crippen LogP contribution >= 0.6 is 11.6 Å². The highest BCUT2D eigenvalue weighted by atomic mass is 35.5. The monoisotopic (exact) mass is 347 g/mol. The highest BCUT2D eigenvalue weighted by Gasteiger charge is 2.18.